The van der Waals surface area contributed by atoms with Gasteiger partial charge in [-0.2, -0.15) is 0 Å². The molecule has 1 rings (SSSR count). The summed E-state index contributed by atoms with van der Waals surface area (Å²) >= 11 is 0. The lowest BCUT2D eigenvalue weighted by Gasteiger charge is -2.31. The Morgan fingerprint density at radius 1 is 0.700 bits per heavy atom. The van der Waals surface area contributed by atoms with Crippen molar-refractivity contribution < 1.29 is 20.4 Å². The summed E-state index contributed by atoms with van der Waals surface area (Å²) < 4.78 is 0. The molecule has 0 radical (unpaired) electrons. The lowest BCUT2D eigenvalue weighted by Crippen LogP contribution is -2.48. The van der Waals surface area contributed by atoms with Crippen LogP contribution in [0.4, 0.5) is 0 Å². The molecular weight excluding hydrogens is 136 g/mol. The topological polar surface area (TPSA) is 80.9 Å². The van der Waals surface area contributed by atoms with E-state index in [4.69, 9.17) is 20.4 Å². The van der Waals surface area contributed by atoms with E-state index in [9.17, 15) is 0 Å². The Hall–Kier alpha value is -0.160. The van der Waals surface area contributed by atoms with Crippen LogP contribution in [-0.2, 0) is 0 Å². The minimum absolute atomic E-state index is 0.347. The molecule has 4 atom stereocenters. The van der Waals surface area contributed by atoms with Crippen molar-refractivity contribution in [1.82, 2.24) is 0 Å². The summed E-state index contributed by atoms with van der Waals surface area (Å²) in [5.41, 5.74) is 0. The van der Waals surface area contributed by atoms with Crippen LogP contribution in [0.1, 0.15) is 12.8 Å². The van der Waals surface area contributed by atoms with Crippen LogP contribution in [0.25, 0.3) is 0 Å². The molecule has 0 aliphatic heterocycles. The summed E-state index contributed by atoms with van der Waals surface area (Å²) in [5.74, 6) is 0. The van der Waals surface area contributed by atoms with Gasteiger partial charge in [0.15, 0.2) is 0 Å². The number of rotatable bonds is 0. The van der Waals surface area contributed by atoms with Gasteiger partial charge in [-0.1, -0.05) is 0 Å². The van der Waals surface area contributed by atoms with Crippen LogP contribution in [0.2, 0.25) is 0 Å². The van der Waals surface area contributed by atoms with Gasteiger partial charge in [0, 0.05) is 0 Å². The van der Waals surface area contributed by atoms with Gasteiger partial charge in [0.05, 0.1) is 12.2 Å². The molecular formula is C6H12O4. The molecule has 0 heterocycles. The van der Waals surface area contributed by atoms with Gasteiger partial charge in [0.1, 0.15) is 12.2 Å². The van der Waals surface area contributed by atoms with Crippen LogP contribution in [-0.4, -0.2) is 44.8 Å². The molecule has 0 aromatic rings. The third-order valence-electron chi connectivity index (χ3n) is 1.90. The summed E-state index contributed by atoms with van der Waals surface area (Å²) in [4.78, 5) is 0. The van der Waals surface area contributed by atoms with Crippen molar-refractivity contribution in [2.24, 2.45) is 0 Å². The van der Waals surface area contributed by atoms with Gasteiger partial charge < -0.3 is 20.4 Å². The van der Waals surface area contributed by atoms with Gasteiger partial charge in [0.25, 0.3) is 0 Å². The van der Waals surface area contributed by atoms with Crippen molar-refractivity contribution >= 4 is 0 Å². The third-order valence-corrected chi connectivity index (χ3v) is 1.90. The van der Waals surface area contributed by atoms with Crippen molar-refractivity contribution in [3.8, 4) is 0 Å². The Bertz CT molecular complexity index is 102. The summed E-state index contributed by atoms with van der Waals surface area (Å²) in [7, 11) is 0. The van der Waals surface area contributed by atoms with E-state index in [1.54, 1.807) is 0 Å². The van der Waals surface area contributed by atoms with Crippen LogP contribution in [0, 0.1) is 0 Å². The molecule has 10 heavy (non-hydrogen) atoms. The summed E-state index contributed by atoms with van der Waals surface area (Å²) in [6.07, 6.45) is -3.47. The van der Waals surface area contributed by atoms with Crippen molar-refractivity contribution in [1.29, 1.82) is 0 Å². The quantitative estimate of drug-likeness (QED) is 0.327. The maximum absolute atomic E-state index is 8.96. The molecule has 0 aromatic carbocycles. The average molecular weight is 148 g/mol. The monoisotopic (exact) mass is 148 g/mol. The summed E-state index contributed by atoms with van der Waals surface area (Å²) in [5, 5.41) is 35.8. The van der Waals surface area contributed by atoms with Gasteiger partial charge in [-0.15, -0.1) is 0 Å². The van der Waals surface area contributed by atoms with Gasteiger partial charge in [-0.05, 0) is 12.8 Å². The van der Waals surface area contributed by atoms with Crippen molar-refractivity contribution in [2.45, 2.75) is 37.3 Å². The molecule has 4 nitrogen and oxygen atoms in total. The van der Waals surface area contributed by atoms with Crippen LogP contribution in [0.5, 0.6) is 0 Å². The Labute approximate surface area is 58.7 Å². The zero-order valence-corrected chi connectivity index (χ0v) is 5.51. The molecule has 0 saturated heterocycles. The van der Waals surface area contributed by atoms with Crippen molar-refractivity contribution in [3.05, 3.63) is 0 Å². The van der Waals surface area contributed by atoms with Crippen LogP contribution in [0.15, 0.2) is 0 Å². The lowest BCUT2D eigenvalue weighted by molar-refractivity contribution is -0.135. The minimum atomic E-state index is -1.19. The Kier molecular flexibility index (Phi) is 2.25. The van der Waals surface area contributed by atoms with Crippen LogP contribution in [0.3, 0.4) is 0 Å². The van der Waals surface area contributed by atoms with E-state index < -0.39 is 24.4 Å². The highest BCUT2D eigenvalue weighted by Gasteiger charge is 2.34. The molecule has 4 N–H and O–H groups in total. The normalized spacial score (nSPS) is 49.2. The Balaban J connectivity index is 2.52. The van der Waals surface area contributed by atoms with Gasteiger partial charge in [-0.3, -0.25) is 0 Å². The molecule has 0 amide bonds. The first kappa shape index (κ1) is 7.94. The Morgan fingerprint density at radius 3 is 1.30 bits per heavy atom. The summed E-state index contributed by atoms with van der Waals surface area (Å²) in [6.45, 7) is 0. The van der Waals surface area contributed by atoms with E-state index >= 15 is 0 Å². The second kappa shape index (κ2) is 2.84. The largest absolute Gasteiger partial charge is 0.390 e. The van der Waals surface area contributed by atoms with Crippen molar-refractivity contribution in [3.63, 3.8) is 0 Å². The smallest absolute Gasteiger partial charge is 0.108 e. The molecule has 0 spiro atoms. The fourth-order valence-electron chi connectivity index (χ4n) is 1.14. The average Bonchev–Trinajstić information content (AvgIpc) is 1.93. The standard InChI is InChI=1S/C6H12O4/c7-3-1-2-4(8)6(10)5(3)9/h3-10H,1-2H2/t3-,4-,5+,6+/m0/s1. The van der Waals surface area contributed by atoms with Crippen LogP contribution >= 0.6 is 0 Å². The van der Waals surface area contributed by atoms with E-state index in [0.717, 1.165) is 0 Å². The van der Waals surface area contributed by atoms with Crippen LogP contribution < -0.4 is 0 Å². The SMILES string of the molecule is O[C@H]1[C@H](O)[C@@H](O)CC[C@@H]1O. The molecule has 1 aliphatic rings. The lowest BCUT2D eigenvalue weighted by atomic mass is 9.90. The highest BCUT2D eigenvalue weighted by molar-refractivity contribution is 4.86. The second-order valence-corrected chi connectivity index (χ2v) is 2.69. The van der Waals surface area contributed by atoms with E-state index in [1.165, 1.54) is 0 Å². The molecule has 1 aliphatic carbocycles. The zero-order valence-electron chi connectivity index (χ0n) is 5.51. The molecule has 0 aromatic heterocycles. The molecule has 4 heteroatoms. The van der Waals surface area contributed by atoms with E-state index in [1.807, 2.05) is 0 Å². The first-order valence-electron chi connectivity index (χ1n) is 3.35. The molecule has 1 fully saturated rings. The fourth-order valence-corrected chi connectivity index (χ4v) is 1.14. The van der Waals surface area contributed by atoms with Gasteiger partial charge >= 0.3 is 0 Å². The number of hydrogen-bond donors (Lipinski definition) is 4. The molecule has 60 valence electrons. The predicted molar refractivity (Wildman–Crippen MR) is 33.3 cm³/mol. The first-order chi connectivity index (χ1) is 4.63. The first-order valence-corrected chi connectivity index (χ1v) is 3.35. The second-order valence-electron chi connectivity index (χ2n) is 2.69. The van der Waals surface area contributed by atoms with E-state index in [0.29, 0.717) is 12.8 Å². The van der Waals surface area contributed by atoms with E-state index in [-0.39, 0.29) is 0 Å². The number of aliphatic hydroxyl groups is 4. The van der Waals surface area contributed by atoms with E-state index in [2.05, 4.69) is 0 Å². The maximum Gasteiger partial charge on any atom is 0.108 e. The fraction of sp³-hybridized carbons (Fsp3) is 1.00. The molecule has 0 unspecified atom stereocenters. The molecule has 1 saturated carbocycles. The van der Waals surface area contributed by atoms with Gasteiger partial charge in [0.2, 0.25) is 0 Å². The maximum atomic E-state index is 8.96. The third kappa shape index (κ3) is 1.29. The summed E-state index contributed by atoms with van der Waals surface area (Å²) in [6, 6.07) is 0. The Morgan fingerprint density at radius 2 is 1.00 bits per heavy atom. The molecule has 0 bridgehead atoms. The number of aliphatic hydroxyl groups excluding tert-OH is 4. The highest BCUT2D eigenvalue weighted by atomic mass is 16.4. The predicted octanol–water partition coefficient (Wildman–Crippen LogP) is -1.78. The highest BCUT2D eigenvalue weighted by Crippen LogP contribution is 2.19. The minimum Gasteiger partial charge on any atom is -0.390 e. The van der Waals surface area contributed by atoms with Gasteiger partial charge in [-0.25, -0.2) is 0 Å². The zero-order chi connectivity index (χ0) is 7.72. The number of hydrogen-bond acceptors (Lipinski definition) is 4. The van der Waals surface area contributed by atoms with Crippen molar-refractivity contribution in [2.75, 3.05) is 0 Å².